The summed E-state index contributed by atoms with van der Waals surface area (Å²) in [5.41, 5.74) is 5.00. The van der Waals surface area contributed by atoms with Crippen LogP contribution >= 0.6 is 11.8 Å². The van der Waals surface area contributed by atoms with Crippen molar-refractivity contribution in [3.63, 3.8) is 0 Å². The Hall–Kier alpha value is -1.94. The fourth-order valence-corrected chi connectivity index (χ4v) is 4.75. The van der Waals surface area contributed by atoms with Crippen LogP contribution in [0.5, 0.6) is 0 Å². The van der Waals surface area contributed by atoms with E-state index < -0.39 is 0 Å². The quantitative estimate of drug-likeness (QED) is 0.690. The molecule has 27 heavy (non-hydrogen) atoms. The number of amides is 2. The van der Waals surface area contributed by atoms with Crippen LogP contribution in [0.2, 0.25) is 0 Å². The third kappa shape index (κ3) is 5.07. The van der Waals surface area contributed by atoms with E-state index in [1.165, 1.54) is 16.7 Å². The summed E-state index contributed by atoms with van der Waals surface area (Å²) >= 11 is 1.96. The average Bonchev–Trinajstić information content (AvgIpc) is 2.88. The molecule has 0 radical (unpaired) electrons. The molecular formula is C23H30N2OS. The zero-order valence-electron chi connectivity index (χ0n) is 16.8. The van der Waals surface area contributed by atoms with E-state index in [9.17, 15) is 4.79 Å². The normalized spacial score (nSPS) is 18.1. The highest BCUT2D eigenvalue weighted by molar-refractivity contribution is 7.99. The second-order valence-electron chi connectivity index (χ2n) is 8.25. The van der Waals surface area contributed by atoms with Crippen molar-refractivity contribution >= 4 is 23.5 Å². The Bertz CT molecular complexity index is 780. The van der Waals surface area contributed by atoms with Crippen LogP contribution in [0.4, 0.5) is 10.5 Å². The molecule has 2 aromatic rings. The number of nitrogens with one attached hydrogen (secondary N) is 1. The maximum absolute atomic E-state index is 12.7. The van der Waals surface area contributed by atoms with Gasteiger partial charge in [-0.2, -0.15) is 11.8 Å². The summed E-state index contributed by atoms with van der Waals surface area (Å²) in [4.78, 5) is 14.7. The first-order chi connectivity index (χ1) is 12.8. The summed E-state index contributed by atoms with van der Waals surface area (Å²) in [6.45, 7) is 10.3. The molecule has 1 heterocycles. The van der Waals surface area contributed by atoms with Crippen LogP contribution in [0.3, 0.4) is 0 Å². The summed E-state index contributed by atoms with van der Waals surface area (Å²) in [6, 6.07) is 16.8. The largest absolute Gasteiger partial charge is 0.324 e. The fraction of sp³-hybridized carbons (Fsp3) is 0.435. The van der Waals surface area contributed by atoms with Crippen LogP contribution in [-0.4, -0.2) is 29.8 Å². The predicted molar refractivity (Wildman–Crippen MR) is 117 cm³/mol. The van der Waals surface area contributed by atoms with Gasteiger partial charge < -0.3 is 10.2 Å². The Morgan fingerprint density at radius 1 is 1.07 bits per heavy atom. The van der Waals surface area contributed by atoms with Gasteiger partial charge in [0.15, 0.2) is 0 Å². The molecule has 1 atom stereocenters. The van der Waals surface area contributed by atoms with E-state index in [1.807, 2.05) is 28.8 Å². The summed E-state index contributed by atoms with van der Waals surface area (Å²) in [6.07, 6.45) is 0.992. The molecule has 0 bridgehead atoms. The van der Waals surface area contributed by atoms with Gasteiger partial charge >= 0.3 is 6.03 Å². The standard InChI is InChI=1S/C23H30N2OS/c1-17-7-5-6-8-20(17)21-13-14-25(15-16-27-21)22(26)24-19-11-9-18(10-12-19)23(2,3)4/h5-12,21H,13-16H2,1-4H3,(H,24,26). The Balaban J connectivity index is 1.60. The van der Waals surface area contributed by atoms with Gasteiger partial charge in [0, 0.05) is 29.8 Å². The van der Waals surface area contributed by atoms with Crippen molar-refractivity contribution in [3.8, 4) is 0 Å². The van der Waals surface area contributed by atoms with Crippen molar-refractivity contribution in [1.82, 2.24) is 4.90 Å². The lowest BCUT2D eigenvalue weighted by Crippen LogP contribution is -2.36. The summed E-state index contributed by atoms with van der Waals surface area (Å²) in [5.74, 6) is 0.968. The number of rotatable bonds is 2. The monoisotopic (exact) mass is 382 g/mol. The number of hydrogen-bond acceptors (Lipinski definition) is 2. The third-order valence-electron chi connectivity index (χ3n) is 5.17. The Labute approximate surface area is 167 Å². The molecule has 2 amide bonds. The zero-order valence-corrected chi connectivity index (χ0v) is 17.6. The maximum Gasteiger partial charge on any atom is 0.321 e. The highest BCUT2D eigenvalue weighted by atomic mass is 32.2. The van der Waals surface area contributed by atoms with Gasteiger partial charge in [-0.1, -0.05) is 57.2 Å². The molecule has 1 saturated heterocycles. The van der Waals surface area contributed by atoms with Gasteiger partial charge in [0.2, 0.25) is 0 Å². The summed E-state index contributed by atoms with van der Waals surface area (Å²) < 4.78 is 0. The average molecular weight is 383 g/mol. The number of benzene rings is 2. The molecule has 2 aromatic carbocycles. The number of thioether (sulfide) groups is 1. The van der Waals surface area contributed by atoms with E-state index in [0.717, 1.165) is 31.0 Å². The van der Waals surface area contributed by atoms with Crippen LogP contribution in [0.25, 0.3) is 0 Å². The molecule has 1 aliphatic heterocycles. The van der Waals surface area contributed by atoms with Crippen LogP contribution in [0.15, 0.2) is 48.5 Å². The molecule has 1 N–H and O–H groups in total. The lowest BCUT2D eigenvalue weighted by molar-refractivity contribution is 0.215. The lowest BCUT2D eigenvalue weighted by atomic mass is 9.87. The van der Waals surface area contributed by atoms with E-state index in [-0.39, 0.29) is 11.4 Å². The topological polar surface area (TPSA) is 32.3 Å². The first kappa shape index (κ1) is 19.8. The van der Waals surface area contributed by atoms with Crippen molar-refractivity contribution in [3.05, 3.63) is 65.2 Å². The van der Waals surface area contributed by atoms with Crippen molar-refractivity contribution in [2.45, 2.75) is 44.8 Å². The lowest BCUT2D eigenvalue weighted by Gasteiger charge is -2.22. The molecule has 0 aliphatic carbocycles. The predicted octanol–water partition coefficient (Wildman–Crippen LogP) is 6.00. The van der Waals surface area contributed by atoms with Gasteiger partial charge in [0.05, 0.1) is 0 Å². The molecule has 3 nitrogen and oxygen atoms in total. The van der Waals surface area contributed by atoms with Crippen molar-refractivity contribution in [2.75, 3.05) is 24.2 Å². The van der Waals surface area contributed by atoms with Crippen molar-refractivity contribution < 1.29 is 4.79 Å². The molecule has 1 unspecified atom stereocenters. The summed E-state index contributed by atoms with van der Waals surface area (Å²) in [5, 5.41) is 3.53. The molecule has 144 valence electrons. The number of urea groups is 1. The number of hydrogen-bond donors (Lipinski definition) is 1. The van der Waals surface area contributed by atoms with Gasteiger partial charge in [-0.05, 0) is 47.6 Å². The molecule has 1 fully saturated rings. The third-order valence-corrected chi connectivity index (χ3v) is 6.48. The van der Waals surface area contributed by atoms with Gasteiger partial charge in [-0.3, -0.25) is 0 Å². The maximum atomic E-state index is 12.7. The smallest absolute Gasteiger partial charge is 0.321 e. The Morgan fingerprint density at radius 2 is 1.78 bits per heavy atom. The fourth-order valence-electron chi connectivity index (χ4n) is 3.43. The molecular weight excluding hydrogens is 352 g/mol. The second kappa shape index (κ2) is 8.39. The van der Waals surface area contributed by atoms with E-state index in [1.54, 1.807) is 0 Å². The zero-order chi connectivity index (χ0) is 19.4. The number of nitrogens with zero attached hydrogens (tertiary/aromatic N) is 1. The molecule has 1 aliphatic rings. The van der Waals surface area contributed by atoms with E-state index in [2.05, 4.69) is 69.4 Å². The van der Waals surface area contributed by atoms with E-state index in [0.29, 0.717) is 5.25 Å². The first-order valence-corrected chi connectivity index (χ1v) is 10.7. The van der Waals surface area contributed by atoms with Gasteiger partial charge in [0.25, 0.3) is 0 Å². The second-order valence-corrected chi connectivity index (χ2v) is 9.56. The van der Waals surface area contributed by atoms with Crippen molar-refractivity contribution in [1.29, 1.82) is 0 Å². The van der Waals surface area contributed by atoms with Crippen LogP contribution in [0.1, 0.15) is 49.1 Å². The van der Waals surface area contributed by atoms with Crippen molar-refractivity contribution in [2.24, 2.45) is 0 Å². The first-order valence-electron chi connectivity index (χ1n) is 9.68. The molecule has 0 saturated carbocycles. The number of carbonyl (C=O) groups excluding carboxylic acids is 1. The minimum atomic E-state index is 0.00421. The van der Waals surface area contributed by atoms with Gasteiger partial charge in [-0.25, -0.2) is 4.79 Å². The highest BCUT2D eigenvalue weighted by Crippen LogP contribution is 2.36. The summed E-state index contributed by atoms with van der Waals surface area (Å²) in [7, 11) is 0. The van der Waals surface area contributed by atoms with Gasteiger partial charge in [0.1, 0.15) is 0 Å². The minimum absolute atomic E-state index is 0.00421. The Kier molecular flexibility index (Phi) is 6.15. The Morgan fingerprint density at radius 3 is 2.44 bits per heavy atom. The molecule has 0 spiro atoms. The SMILES string of the molecule is Cc1ccccc1C1CCN(C(=O)Nc2ccc(C(C)(C)C)cc2)CCS1. The van der Waals surface area contributed by atoms with Crippen LogP contribution in [0, 0.1) is 6.92 Å². The van der Waals surface area contributed by atoms with Crippen LogP contribution < -0.4 is 5.32 Å². The van der Waals surface area contributed by atoms with Gasteiger partial charge in [-0.15, -0.1) is 0 Å². The van der Waals surface area contributed by atoms with E-state index in [4.69, 9.17) is 0 Å². The molecule has 3 rings (SSSR count). The molecule has 4 heteroatoms. The molecule has 0 aromatic heterocycles. The number of aryl methyl sites for hydroxylation is 1. The van der Waals surface area contributed by atoms with Crippen LogP contribution in [-0.2, 0) is 5.41 Å². The van der Waals surface area contributed by atoms with E-state index >= 15 is 0 Å². The highest BCUT2D eigenvalue weighted by Gasteiger charge is 2.23. The minimum Gasteiger partial charge on any atom is -0.324 e. The number of anilines is 1. The number of carbonyl (C=O) groups is 1.